The van der Waals surface area contributed by atoms with E-state index in [1.165, 1.54) is 0 Å². The molecule has 1 amide bonds. The van der Waals surface area contributed by atoms with Gasteiger partial charge in [-0.1, -0.05) is 11.8 Å². The molecule has 0 spiro atoms. The maximum atomic E-state index is 11.4. The van der Waals surface area contributed by atoms with Crippen molar-refractivity contribution in [3.63, 3.8) is 0 Å². The van der Waals surface area contributed by atoms with Crippen LogP contribution in [0.2, 0.25) is 0 Å². The highest BCUT2D eigenvalue weighted by Crippen LogP contribution is 2.05. The first-order valence-electron chi connectivity index (χ1n) is 6.07. The summed E-state index contributed by atoms with van der Waals surface area (Å²) in [6.07, 6.45) is 0. The number of nitrogens with zero attached hydrogens (tertiary/aromatic N) is 1. The monoisotopic (exact) mass is 260 g/mol. The Hall–Kier alpha value is -3.04. The number of nitrogens with one attached hydrogen (secondary N) is 1. The smallest absolute Gasteiger partial charge is 0.251 e. The topological polar surface area (TPSA) is 52.9 Å². The summed E-state index contributed by atoms with van der Waals surface area (Å²) < 4.78 is 0. The van der Waals surface area contributed by atoms with E-state index in [4.69, 9.17) is 5.26 Å². The number of hydrogen-bond donors (Lipinski definition) is 1. The number of carbonyl (C=O) groups excluding carboxylic acids is 1. The molecule has 0 aliphatic rings. The van der Waals surface area contributed by atoms with Crippen molar-refractivity contribution in [1.29, 1.82) is 5.26 Å². The van der Waals surface area contributed by atoms with Crippen LogP contribution in [-0.2, 0) is 0 Å². The van der Waals surface area contributed by atoms with Crippen molar-refractivity contribution in [3.8, 4) is 17.9 Å². The predicted octanol–water partition coefficient (Wildman–Crippen LogP) is 2.32. The Labute approximate surface area is 117 Å². The third-order valence-corrected chi connectivity index (χ3v) is 2.74. The van der Waals surface area contributed by atoms with Crippen LogP contribution < -0.4 is 5.32 Å². The lowest BCUT2D eigenvalue weighted by atomic mass is 10.1. The number of amides is 1. The van der Waals surface area contributed by atoms with Gasteiger partial charge in [-0.15, -0.1) is 0 Å². The molecular weight excluding hydrogens is 248 g/mol. The quantitative estimate of drug-likeness (QED) is 0.800. The van der Waals surface area contributed by atoms with Crippen molar-refractivity contribution in [2.45, 2.75) is 0 Å². The number of carbonyl (C=O) groups is 1. The lowest BCUT2D eigenvalue weighted by Gasteiger charge is -1.98. The summed E-state index contributed by atoms with van der Waals surface area (Å²) >= 11 is 0. The third-order valence-electron chi connectivity index (χ3n) is 2.74. The van der Waals surface area contributed by atoms with Crippen molar-refractivity contribution in [1.82, 2.24) is 5.32 Å². The van der Waals surface area contributed by atoms with E-state index < -0.39 is 0 Å². The molecule has 0 atom stereocenters. The molecule has 0 fully saturated rings. The highest BCUT2D eigenvalue weighted by atomic mass is 16.1. The molecule has 0 aromatic heterocycles. The molecule has 2 aromatic rings. The van der Waals surface area contributed by atoms with E-state index in [0.717, 1.165) is 11.1 Å². The molecule has 0 aliphatic heterocycles. The minimum Gasteiger partial charge on any atom is -0.355 e. The fourth-order valence-corrected chi connectivity index (χ4v) is 1.62. The fourth-order valence-electron chi connectivity index (χ4n) is 1.62. The first-order chi connectivity index (χ1) is 9.72. The molecule has 96 valence electrons. The van der Waals surface area contributed by atoms with Crippen LogP contribution in [0.1, 0.15) is 27.0 Å². The van der Waals surface area contributed by atoms with Gasteiger partial charge in [0.25, 0.3) is 5.91 Å². The van der Waals surface area contributed by atoms with Crippen LogP contribution in [0.4, 0.5) is 0 Å². The number of hydrogen-bond acceptors (Lipinski definition) is 2. The Kier molecular flexibility index (Phi) is 4.17. The third kappa shape index (κ3) is 3.25. The lowest BCUT2D eigenvalue weighted by molar-refractivity contribution is 0.0963. The van der Waals surface area contributed by atoms with Crippen molar-refractivity contribution in [2.24, 2.45) is 0 Å². The summed E-state index contributed by atoms with van der Waals surface area (Å²) in [5, 5.41) is 11.3. The molecule has 0 heterocycles. The SMILES string of the molecule is CNC(=O)c1ccc(C#Cc2ccc(C#N)cc2)cc1. The fraction of sp³-hybridized carbons (Fsp3) is 0.0588. The highest BCUT2D eigenvalue weighted by molar-refractivity contribution is 5.94. The van der Waals surface area contributed by atoms with Crippen LogP contribution >= 0.6 is 0 Å². The van der Waals surface area contributed by atoms with Gasteiger partial charge in [0.1, 0.15) is 0 Å². The summed E-state index contributed by atoms with van der Waals surface area (Å²) in [6.45, 7) is 0. The molecule has 0 saturated carbocycles. The standard InChI is InChI=1S/C17H12N2O/c1-19-17(20)16-10-8-14(9-11-16)3-2-13-4-6-15(12-18)7-5-13/h4-11H,1H3,(H,19,20). The van der Waals surface area contributed by atoms with Crippen molar-refractivity contribution in [3.05, 3.63) is 70.8 Å². The minimum absolute atomic E-state index is 0.114. The van der Waals surface area contributed by atoms with Crippen LogP contribution in [0.3, 0.4) is 0 Å². The first-order valence-corrected chi connectivity index (χ1v) is 6.07. The van der Waals surface area contributed by atoms with Gasteiger partial charge >= 0.3 is 0 Å². The van der Waals surface area contributed by atoms with Gasteiger partial charge in [0.05, 0.1) is 11.6 Å². The molecule has 2 rings (SSSR count). The highest BCUT2D eigenvalue weighted by Gasteiger charge is 2.00. The largest absolute Gasteiger partial charge is 0.355 e. The van der Waals surface area contributed by atoms with Crippen molar-refractivity contribution >= 4 is 5.91 Å². The van der Waals surface area contributed by atoms with E-state index in [-0.39, 0.29) is 5.91 Å². The van der Waals surface area contributed by atoms with Gasteiger partial charge in [0, 0.05) is 23.7 Å². The summed E-state index contributed by atoms with van der Waals surface area (Å²) in [5.41, 5.74) is 2.91. The molecule has 3 nitrogen and oxygen atoms in total. The Balaban J connectivity index is 2.16. The minimum atomic E-state index is -0.114. The Morgan fingerprint density at radius 3 is 1.80 bits per heavy atom. The van der Waals surface area contributed by atoms with E-state index in [1.54, 1.807) is 43.4 Å². The average molecular weight is 260 g/mol. The van der Waals surface area contributed by atoms with Crippen LogP contribution in [0, 0.1) is 23.2 Å². The zero-order valence-electron chi connectivity index (χ0n) is 11.0. The van der Waals surface area contributed by atoms with Gasteiger partial charge in [-0.05, 0) is 48.5 Å². The Morgan fingerprint density at radius 1 is 0.900 bits per heavy atom. The maximum absolute atomic E-state index is 11.4. The molecule has 0 saturated heterocycles. The predicted molar refractivity (Wildman–Crippen MR) is 77.0 cm³/mol. The second-order valence-corrected chi connectivity index (χ2v) is 4.10. The van der Waals surface area contributed by atoms with Gasteiger partial charge in [-0.2, -0.15) is 5.26 Å². The van der Waals surface area contributed by atoms with Gasteiger partial charge in [0.2, 0.25) is 0 Å². The van der Waals surface area contributed by atoms with E-state index in [0.29, 0.717) is 11.1 Å². The number of nitriles is 1. The second kappa shape index (κ2) is 6.22. The number of benzene rings is 2. The Morgan fingerprint density at radius 2 is 1.35 bits per heavy atom. The van der Waals surface area contributed by atoms with Crippen molar-refractivity contribution in [2.75, 3.05) is 7.05 Å². The van der Waals surface area contributed by atoms with Crippen LogP contribution in [0.25, 0.3) is 0 Å². The first kappa shape index (κ1) is 13.4. The van der Waals surface area contributed by atoms with E-state index in [9.17, 15) is 4.79 Å². The Bertz CT molecular complexity index is 711. The molecule has 3 heteroatoms. The molecular formula is C17H12N2O. The van der Waals surface area contributed by atoms with Crippen LogP contribution in [0.15, 0.2) is 48.5 Å². The molecule has 20 heavy (non-hydrogen) atoms. The van der Waals surface area contributed by atoms with E-state index in [1.807, 2.05) is 12.1 Å². The van der Waals surface area contributed by atoms with Gasteiger partial charge < -0.3 is 5.32 Å². The molecule has 0 radical (unpaired) electrons. The molecule has 1 N–H and O–H groups in total. The second-order valence-electron chi connectivity index (χ2n) is 4.10. The summed E-state index contributed by atoms with van der Waals surface area (Å²) in [7, 11) is 1.60. The zero-order valence-corrected chi connectivity index (χ0v) is 11.0. The van der Waals surface area contributed by atoms with Gasteiger partial charge in [-0.25, -0.2) is 0 Å². The van der Waals surface area contributed by atoms with E-state index >= 15 is 0 Å². The van der Waals surface area contributed by atoms with Gasteiger partial charge in [-0.3, -0.25) is 4.79 Å². The summed E-state index contributed by atoms with van der Waals surface area (Å²) in [5.74, 6) is 5.92. The molecule has 0 bridgehead atoms. The molecule has 0 unspecified atom stereocenters. The normalized spacial score (nSPS) is 9.00. The lowest BCUT2D eigenvalue weighted by Crippen LogP contribution is -2.17. The average Bonchev–Trinajstić information content (AvgIpc) is 2.53. The van der Waals surface area contributed by atoms with Crippen molar-refractivity contribution < 1.29 is 4.79 Å². The number of rotatable bonds is 1. The van der Waals surface area contributed by atoms with Crippen LogP contribution in [-0.4, -0.2) is 13.0 Å². The molecule has 2 aromatic carbocycles. The zero-order chi connectivity index (χ0) is 14.4. The summed E-state index contributed by atoms with van der Waals surface area (Å²) in [4.78, 5) is 11.4. The maximum Gasteiger partial charge on any atom is 0.251 e. The van der Waals surface area contributed by atoms with Crippen LogP contribution in [0.5, 0.6) is 0 Å². The van der Waals surface area contributed by atoms with Gasteiger partial charge in [0.15, 0.2) is 0 Å². The summed E-state index contributed by atoms with van der Waals surface area (Å²) in [6, 6.07) is 16.2. The molecule has 0 aliphatic carbocycles. The van der Waals surface area contributed by atoms with E-state index in [2.05, 4.69) is 23.2 Å².